The van der Waals surface area contributed by atoms with E-state index in [1.165, 1.54) is 5.56 Å². The van der Waals surface area contributed by atoms with Crippen molar-refractivity contribution in [3.63, 3.8) is 0 Å². The van der Waals surface area contributed by atoms with Crippen LogP contribution in [0, 0.1) is 11.8 Å². The Morgan fingerprint density at radius 3 is 2.63 bits per heavy atom. The van der Waals surface area contributed by atoms with Crippen LogP contribution in [0.4, 0.5) is 0 Å². The average Bonchev–Trinajstić information content (AvgIpc) is 3.03. The maximum atomic E-state index is 10.8. The number of benzene rings is 1. The summed E-state index contributed by atoms with van der Waals surface area (Å²) >= 11 is 0. The Morgan fingerprint density at radius 2 is 1.89 bits per heavy atom. The normalized spacial score (nSPS) is 32.6. The number of fused-ring (bicyclic) bond motifs is 2. The third-order valence-electron chi connectivity index (χ3n) is 4.38. The molecule has 0 unspecified atom stereocenters. The van der Waals surface area contributed by atoms with Crippen molar-refractivity contribution in [1.82, 2.24) is 0 Å². The number of hydrogen-bond acceptors (Lipinski definition) is 3. The molecule has 3 rings (SSSR count). The van der Waals surface area contributed by atoms with E-state index in [4.69, 9.17) is 9.47 Å². The fraction of sp³-hybridized carbons (Fsp3) is 0.562. The molecule has 2 aliphatic rings. The van der Waals surface area contributed by atoms with Crippen LogP contribution in [0.3, 0.4) is 0 Å². The monoisotopic (exact) mass is 260 g/mol. The van der Waals surface area contributed by atoms with Gasteiger partial charge < -0.3 is 14.3 Å². The predicted octanol–water partition coefficient (Wildman–Crippen LogP) is 2.59. The van der Waals surface area contributed by atoms with Crippen LogP contribution in [-0.2, 0) is 20.9 Å². The van der Waals surface area contributed by atoms with Crippen LogP contribution in [0.25, 0.3) is 0 Å². The Kier molecular flexibility index (Phi) is 3.95. The Hall–Kier alpha value is -1.19. The molecule has 2 bridgehead atoms. The molecule has 1 aromatic rings. The minimum absolute atomic E-state index is 0.292. The minimum Gasteiger partial charge on any atom is -0.376 e. The third kappa shape index (κ3) is 2.72. The first-order valence-corrected chi connectivity index (χ1v) is 7.09. The number of ether oxygens (including phenoxy) is 2. The quantitative estimate of drug-likeness (QED) is 0.737. The van der Waals surface area contributed by atoms with Gasteiger partial charge in [0.2, 0.25) is 0 Å². The molecule has 19 heavy (non-hydrogen) atoms. The molecule has 4 atom stereocenters. The fourth-order valence-corrected chi connectivity index (χ4v) is 3.43. The molecule has 0 N–H and O–H groups in total. The molecule has 1 aromatic carbocycles. The van der Waals surface area contributed by atoms with Crippen LogP contribution in [0.2, 0.25) is 0 Å². The zero-order chi connectivity index (χ0) is 13.1. The summed E-state index contributed by atoms with van der Waals surface area (Å²) < 4.78 is 11.8. The molecular weight excluding hydrogens is 240 g/mol. The first kappa shape index (κ1) is 12.8. The average molecular weight is 260 g/mol. The van der Waals surface area contributed by atoms with Gasteiger partial charge in [0.25, 0.3) is 0 Å². The van der Waals surface area contributed by atoms with Crippen molar-refractivity contribution in [1.29, 1.82) is 0 Å². The topological polar surface area (TPSA) is 35.5 Å². The van der Waals surface area contributed by atoms with Crippen molar-refractivity contribution in [3.8, 4) is 0 Å². The standard InChI is InChI=1S/C16H20O3/c17-9-8-13-14(16-7-6-15(13)19-16)11-18-10-12-4-2-1-3-5-12/h1-5,9,13-16H,6-8,10-11H2/t13-,14+,15-,16+/m0/s1. The van der Waals surface area contributed by atoms with Crippen molar-refractivity contribution in [2.24, 2.45) is 11.8 Å². The van der Waals surface area contributed by atoms with E-state index in [0.717, 1.165) is 19.1 Å². The molecule has 2 fully saturated rings. The van der Waals surface area contributed by atoms with Crippen LogP contribution < -0.4 is 0 Å². The van der Waals surface area contributed by atoms with E-state index < -0.39 is 0 Å². The van der Waals surface area contributed by atoms with E-state index in [2.05, 4.69) is 12.1 Å². The molecule has 0 amide bonds. The molecule has 2 heterocycles. The van der Waals surface area contributed by atoms with E-state index in [9.17, 15) is 4.79 Å². The molecule has 0 saturated carbocycles. The zero-order valence-corrected chi connectivity index (χ0v) is 11.0. The second-order valence-electron chi connectivity index (χ2n) is 5.52. The zero-order valence-electron chi connectivity index (χ0n) is 11.0. The molecule has 0 radical (unpaired) electrons. The van der Waals surface area contributed by atoms with Gasteiger partial charge in [0.05, 0.1) is 25.4 Å². The first-order chi connectivity index (χ1) is 9.38. The Bertz CT molecular complexity index is 417. The van der Waals surface area contributed by atoms with Crippen LogP contribution in [0.5, 0.6) is 0 Å². The maximum Gasteiger partial charge on any atom is 0.120 e. The highest BCUT2D eigenvalue weighted by Gasteiger charge is 2.48. The first-order valence-electron chi connectivity index (χ1n) is 7.09. The van der Waals surface area contributed by atoms with Crippen LogP contribution in [-0.4, -0.2) is 25.1 Å². The number of aldehydes is 1. The molecule has 2 saturated heterocycles. The van der Waals surface area contributed by atoms with Gasteiger partial charge in [-0.3, -0.25) is 0 Å². The van der Waals surface area contributed by atoms with Gasteiger partial charge in [0, 0.05) is 12.3 Å². The second kappa shape index (κ2) is 5.85. The summed E-state index contributed by atoms with van der Waals surface area (Å²) in [5, 5.41) is 0. The van der Waals surface area contributed by atoms with E-state index in [-0.39, 0.29) is 0 Å². The summed E-state index contributed by atoms with van der Waals surface area (Å²) in [5.41, 5.74) is 1.19. The molecule has 102 valence electrons. The number of rotatable bonds is 6. The molecular formula is C16H20O3. The lowest BCUT2D eigenvalue weighted by molar-refractivity contribution is -0.109. The van der Waals surface area contributed by atoms with Gasteiger partial charge in [0.15, 0.2) is 0 Å². The fourth-order valence-electron chi connectivity index (χ4n) is 3.43. The van der Waals surface area contributed by atoms with E-state index >= 15 is 0 Å². The third-order valence-corrected chi connectivity index (χ3v) is 4.38. The van der Waals surface area contributed by atoms with Gasteiger partial charge in [-0.05, 0) is 24.3 Å². The Labute approximate surface area is 113 Å². The largest absolute Gasteiger partial charge is 0.376 e. The van der Waals surface area contributed by atoms with Crippen molar-refractivity contribution in [2.45, 2.75) is 38.1 Å². The lowest BCUT2D eigenvalue weighted by Crippen LogP contribution is -2.31. The Morgan fingerprint density at radius 1 is 1.16 bits per heavy atom. The van der Waals surface area contributed by atoms with E-state index in [1.54, 1.807) is 0 Å². The van der Waals surface area contributed by atoms with Crippen LogP contribution in [0.1, 0.15) is 24.8 Å². The van der Waals surface area contributed by atoms with E-state index in [1.807, 2.05) is 18.2 Å². The minimum atomic E-state index is 0.292. The lowest BCUT2D eigenvalue weighted by atomic mass is 9.78. The van der Waals surface area contributed by atoms with Gasteiger partial charge in [-0.2, -0.15) is 0 Å². The summed E-state index contributed by atoms with van der Waals surface area (Å²) in [5.74, 6) is 0.764. The van der Waals surface area contributed by atoms with Gasteiger partial charge in [-0.15, -0.1) is 0 Å². The summed E-state index contributed by atoms with van der Waals surface area (Å²) in [7, 11) is 0. The van der Waals surface area contributed by atoms with Crippen LogP contribution in [0.15, 0.2) is 30.3 Å². The molecule has 0 aliphatic carbocycles. The van der Waals surface area contributed by atoms with Crippen molar-refractivity contribution in [2.75, 3.05) is 6.61 Å². The van der Waals surface area contributed by atoms with E-state index in [0.29, 0.717) is 43.7 Å². The van der Waals surface area contributed by atoms with Gasteiger partial charge in [0.1, 0.15) is 6.29 Å². The van der Waals surface area contributed by atoms with Gasteiger partial charge in [-0.25, -0.2) is 0 Å². The summed E-state index contributed by atoms with van der Waals surface area (Å²) in [6.45, 7) is 1.34. The van der Waals surface area contributed by atoms with Gasteiger partial charge >= 0.3 is 0 Å². The van der Waals surface area contributed by atoms with Crippen molar-refractivity contribution in [3.05, 3.63) is 35.9 Å². The predicted molar refractivity (Wildman–Crippen MR) is 71.7 cm³/mol. The second-order valence-corrected chi connectivity index (χ2v) is 5.52. The summed E-state index contributed by atoms with van der Waals surface area (Å²) in [6.07, 6.45) is 4.48. The summed E-state index contributed by atoms with van der Waals surface area (Å²) in [6, 6.07) is 10.2. The van der Waals surface area contributed by atoms with Crippen LogP contribution >= 0.6 is 0 Å². The maximum absolute atomic E-state index is 10.8. The highest BCUT2D eigenvalue weighted by molar-refractivity contribution is 5.50. The SMILES string of the molecule is O=CC[C@H]1[C@@H](COCc2ccccc2)[C@H]2CC[C@@H]1O2. The molecule has 2 aliphatic heterocycles. The van der Waals surface area contributed by atoms with Gasteiger partial charge in [-0.1, -0.05) is 30.3 Å². The lowest BCUT2D eigenvalue weighted by Gasteiger charge is -2.26. The molecule has 3 nitrogen and oxygen atoms in total. The molecule has 0 spiro atoms. The highest BCUT2D eigenvalue weighted by atomic mass is 16.5. The number of carbonyl (C=O) groups is 1. The van der Waals surface area contributed by atoms with Crippen molar-refractivity contribution < 1.29 is 14.3 Å². The Balaban J connectivity index is 1.53. The molecule has 3 heteroatoms. The summed E-state index contributed by atoms with van der Waals surface area (Å²) in [4.78, 5) is 10.8. The van der Waals surface area contributed by atoms with Crippen molar-refractivity contribution >= 4 is 6.29 Å². The molecule has 0 aromatic heterocycles. The number of carbonyl (C=O) groups excluding carboxylic acids is 1. The highest BCUT2D eigenvalue weighted by Crippen LogP contribution is 2.44. The smallest absolute Gasteiger partial charge is 0.120 e. The number of hydrogen-bond donors (Lipinski definition) is 0.